The van der Waals surface area contributed by atoms with Gasteiger partial charge in [-0.3, -0.25) is 4.79 Å². The lowest BCUT2D eigenvalue weighted by Crippen LogP contribution is -2.13. The molecule has 2 aromatic rings. The van der Waals surface area contributed by atoms with Gasteiger partial charge in [0.15, 0.2) is 9.84 Å². The second-order valence-corrected chi connectivity index (χ2v) is 7.18. The minimum atomic E-state index is -3.45. The number of sulfone groups is 1. The van der Waals surface area contributed by atoms with Crippen LogP contribution >= 0.6 is 11.6 Å². The molecule has 0 saturated carbocycles. The molecule has 2 rings (SSSR count). The average Bonchev–Trinajstić information content (AvgIpc) is 2.40. The van der Waals surface area contributed by atoms with Crippen LogP contribution in [-0.4, -0.2) is 20.6 Å². The first-order valence-corrected chi connectivity index (χ1v) is 8.41. The van der Waals surface area contributed by atoms with Crippen LogP contribution in [0.25, 0.3) is 0 Å². The molecule has 0 atom stereocenters. The zero-order chi connectivity index (χ0) is 15.6. The van der Waals surface area contributed by atoms with Crippen molar-refractivity contribution in [3.8, 4) is 0 Å². The van der Waals surface area contributed by atoms with E-state index in [2.05, 4.69) is 0 Å². The summed E-state index contributed by atoms with van der Waals surface area (Å²) in [7, 11) is -3.45. The minimum Gasteiger partial charge on any atom is -0.366 e. The fourth-order valence-corrected chi connectivity index (χ4v) is 3.10. The van der Waals surface area contributed by atoms with Gasteiger partial charge in [0, 0.05) is 16.8 Å². The molecule has 4 nitrogen and oxygen atoms in total. The number of hydrogen-bond acceptors (Lipinski definition) is 3. The molecular formula is C15H14ClNO3S. The predicted molar refractivity (Wildman–Crippen MR) is 82.3 cm³/mol. The SMILES string of the molecule is CS(=O)(=O)c1cc(C(N)=O)ccc1Cc1ccc(Cl)cc1. The lowest BCUT2D eigenvalue weighted by atomic mass is 10.0. The van der Waals surface area contributed by atoms with E-state index in [1.54, 1.807) is 18.2 Å². The van der Waals surface area contributed by atoms with Gasteiger partial charge in [-0.25, -0.2) is 8.42 Å². The van der Waals surface area contributed by atoms with E-state index in [-0.39, 0.29) is 10.5 Å². The first-order chi connectivity index (χ1) is 9.77. The fourth-order valence-electron chi connectivity index (χ4n) is 2.02. The van der Waals surface area contributed by atoms with Crippen molar-refractivity contribution in [1.82, 2.24) is 0 Å². The van der Waals surface area contributed by atoms with Gasteiger partial charge in [-0.2, -0.15) is 0 Å². The molecular weight excluding hydrogens is 310 g/mol. The molecule has 0 aliphatic carbocycles. The summed E-state index contributed by atoms with van der Waals surface area (Å²) in [4.78, 5) is 11.3. The van der Waals surface area contributed by atoms with Crippen molar-refractivity contribution >= 4 is 27.3 Å². The van der Waals surface area contributed by atoms with Crippen molar-refractivity contribution < 1.29 is 13.2 Å². The van der Waals surface area contributed by atoms with Crippen LogP contribution in [-0.2, 0) is 16.3 Å². The Morgan fingerprint density at radius 1 is 1.14 bits per heavy atom. The number of nitrogens with two attached hydrogens (primary N) is 1. The Labute approximate surface area is 128 Å². The third kappa shape index (κ3) is 3.83. The van der Waals surface area contributed by atoms with Gasteiger partial charge in [0.25, 0.3) is 0 Å². The highest BCUT2D eigenvalue weighted by molar-refractivity contribution is 7.90. The Hall–Kier alpha value is -1.85. The highest BCUT2D eigenvalue weighted by Crippen LogP contribution is 2.22. The largest absolute Gasteiger partial charge is 0.366 e. The van der Waals surface area contributed by atoms with Crippen molar-refractivity contribution in [3.05, 3.63) is 64.2 Å². The van der Waals surface area contributed by atoms with Crippen molar-refractivity contribution in [2.24, 2.45) is 5.73 Å². The lowest BCUT2D eigenvalue weighted by Gasteiger charge is -2.10. The molecule has 0 bridgehead atoms. The highest BCUT2D eigenvalue weighted by Gasteiger charge is 2.16. The number of carbonyl (C=O) groups excluding carboxylic acids is 1. The summed E-state index contributed by atoms with van der Waals surface area (Å²) < 4.78 is 23.8. The Bertz CT molecular complexity index is 783. The van der Waals surface area contributed by atoms with E-state index in [9.17, 15) is 13.2 Å². The molecule has 2 aromatic carbocycles. The maximum atomic E-state index is 11.9. The highest BCUT2D eigenvalue weighted by atomic mass is 35.5. The molecule has 6 heteroatoms. The third-order valence-electron chi connectivity index (χ3n) is 3.06. The van der Waals surface area contributed by atoms with Gasteiger partial charge in [0.2, 0.25) is 5.91 Å². The van der Waals surface area contributed by atoms with Gasteiger partial charge < -0.3 is 5.73 Å². The second-order valence-electron chi connectivity index (χ2n) is 4.76. The Morgan fingerprint density at radius 2 is 1.76 bits per heavy atom. The number of rotatable bonds is 4. The molecule has 0 aliphatic rings. The van der Waals surface area contributed by atoms with E-state index < -0.39 is 15.7 Å². The summed E-state index contributed by atoms with van der Waals surface area (Å²) in [6.07, 6.45) is 1.54. The maximum absolute atomic E-state index is 11.9. The van der Waals surface area contributed by atoms with Gasteiger partial charge in [0.1, 0.15) is 0 Å². The number of primary amides is 1. The zero-order valence-corrected chi connectivity index (χ0v) is 12.9. The predicted octanol–water partition coefficient (Wildman–Crippen LogP) is 2.43. The number of amides is 1. The van der Waals surface area contributed by atoms with Gasteiger partial charge in [-0.15, -0.1) is 0 Å². The quantitative estimate of drug-likeness (QED) is 0.938. The smallest absolute Gasteiger partial charge is 0.248 e. The molecule has 0 fully saturated rings. The van der Waals surface area contributed by atoms with Crippen molar-refractivity contribution in [2.75, 3.05) is 6.26 Å². The summed E-state index contributed by atoms with van der Waals surface area (Å²) in [5.41, 5.74) is 6.92. The maximum Gasteiger partial charge on any atom is 0.248 e. The van der Waals surface area contributed by atoms with E-state index in [0.717, 1.165) is 11.8 Å². The van der Waals surface area contributed by atoms with Crippen molar-refractivity contribution in [1.29, 1.82) is 0 Å². The van der Waals surface area contributed by atoms with Crippen molar-refractivity contribution in [3.63, 3.8) is 0 Å². The summed E-state index contributed by atoms with van der Waals surface area (Å²) in [5.74, 6) is -0.655. The van der Waals surface area contributed by atoms with Crippen LogP contribution < -0.4 is 5.73 Å². The first kappa shape index (κ1) is 15.5. The lowest BCUT2D eigenvalue weighted by molar-refractivity contribution is 0.1000. The van der Waals surface area contributed by atoms with Crippen LogP contribution in [0, 0.1) is 0 Å². The summed E-state index contributed by atoms with van der Waals surface area (Å²) in [6.45, 7) is 0. The standard InChI is InChI=1S/C15H14ClNO3S/c1-21(19,20)14-9-12(15(17)18)5-4-11(14)8-10-2-6-13(16)7-3-10/h2-7,9H,8H2,1H3,(H2,17,18). The van der Waals surface area contributed by atoms with Crippen molar-refractivity contribution in [2.45, 2.75) is 11.3 Å². The van der Waals surface area contributed by atoms with E-state index in [4.69, 9.17) is 17.3 Å². The first-order valence-electron chi connectivity index (χ1n) is 6.14. The van der Waals surface area contributed by atoms with Gasteiger partial charge in [0.05, 0.1) is 4.90 Å². The Kier molecular flexibility index (Phi) is 4.34. The molecule has 1 amide bonds. The van der Waals surface area contributed by atoms with Crippen LogP contribution in [0.3, 0.4) is 0 Å². The molecule has 110 valence electrons. The van der Waals surface area contributed by atoms with Crippen LogP contribution in [0.2, 0.25) is 5.02 Å². The normalized spacial score (nSPS) is 11.3. The van der Waals surface area contributed by atoms with Crippen LogP contribution in [0.5, 0.6) is 0 Å². The monoisotopic (exact) mass is 323 g/mol. The number of carbonyl (C=O) groups is 1. The number of benzene rings is 2. The molecule has 0 heterocycles. The number of hydrogen-bond donors (Lipinski definition) is 1. The molecule has 0 aliphatic heterocycles. The van der Waals surface area contributed by atoms with Gasteiger partial charge >= 0.3 is 0 Å². The van der Waals surface area contributed by atoms with E-state index in [1.165, 1.54) is 12.1 Å². The van der Waals surface area contributed by atoms with Crippen LogP contribution in [0.4, 0.5) is 0 Å². The minimum absolute atomic E-state index is 0.119. The van der Waals surface area contributed by atoms with Gasteiger partial charge in [-0.05, 0) is 41.8 Å². The Morgan fingerprint density at radius 3 is 2.29 bits per heavy atom. The average molecular weight is 324 g/mol. The molecule has 0 saturated heterocycles. The zero-order valence-electron chi connectivity index (χ0n) is 11.3. The number of halogens is 1. The van der Waals surface area contributed by atoms with Gasteiger partial charge in [-0.1, -0.05) is 29.8 Å². The molecule has 0 radical (unpaired) electrons. The summed E-state index contributed by atoms with van der Waals surface area (Å²) in [6, 6.07) is 11.6. The Balaban J connectivity index is 2.48. The van der Waals surface area contributed by atoms with E-state index >= 15 is 0 Å². The topological polar surface area (TPSA) is 77.2 Å². The fraction of sp³-hybridized carbons (Fsp3) is 0.133. The van der Waals surface area contributed by atoms with Crippen LogP contribution in [0.15, 0.2) is 47.4 Å². The van der Waals surface area contributed by atoms with E-state index in [0.29, 0.717) is 17.0 Å². The summed E-state index contributed by atoms with van der Waals surface area (Å²) in [5, 5.41) is 0.617. The second kappa shape index (κ2) is 5.87. The molecule has 0 unspecified atom stereocenters. The van der Waals surface area contributed by atoms with Crippen LogP contribution in [0.1, 0.15) is 21.5 Å². The molecule has 2 N–H and O–H groups in total. The third-order valence-corrected chi connectivity index (χ3v) is 4.49. The van der Waals surface area contributed by atoms with E-state index in [1.807, 2.05) is 12.1 Å². The molecule has 0 aromatic heterocycles. The summed E-state index contributed by atoms with van der Waals surface area (Å²) >= 11 is 5.83. The molecule has 21 heavy (non-hydrogen) atoms. The molecule has 0 spiro atoms.